The lowest BCUT2D eigenvalue weighted by molar-refractivity contribution is -0.112. The first kappa shape index (κ1) is 13.7. The number of hydrogen-bond donors (Lipinski definition) is 2. The van der Waals surface area contributed by atoms with Gasteiger partial charge in [-0.3, -0.25) is 4.79 Å². The smallest absolute Gasteiger partial charge is 0.250 e. The second kappa shape index (κ2) is 6.43. The Morgan fingerprint density at radius 2 is 1.75 bits per heavy atom. The SMILES string of the molecule is COc1ccc(N/C=C(\C(N)=O)c2ccccc2)cc1. The van der Waals surface area contributed by atoms with E-state index in [-0.39, 0.29) is 0 Å². The average molecular weight is 268 g/mol. The zero-order chi connectivity index (χ0) is 14.4. The van der Waals surface area contributed by atoms with Crippen LogP contribution in [0.15, 0.2) is 60.8 Å². The van der Waals surface area contributed by atoms with Gasteiger partial charge in [-0.15, -0.1) is 0 Å². The number of ether oxygens (including phenoxy) is 1. The van der Waals surface area contributed by atoms with E-state index in [0.717, 1.165) is 17.0 Å². The molecule has 2 rings (SSSR count). The molecule has 2 aromatic carbocycles. The summed E-state index contributed by atoms with van der Waals surface area (Å²) >= 11 is 0. The topological polar surface area (TPSA) is 64.3 Å². The molecular weight excluding hydrogens is 252 g/mol. The molecule has 20 heavy (non-hydrogen) atoms. The van der Waals surface area contributed by atoms with Crippen LogP contribution >= 0.6 is 0 Å². The summed E-state index contributed by atoms with van der Waals surface area (Å²) in [5.41, 5.74) is 7.47. The van der Waals surface area contributed by atoms with Gasteiger partial charge in [0.15, 0.2) is 0 Å². The standard InChI is InChI=1S/C16H16N2O2/c1-20-14-9-7-13(8-10-14)18-11-15(16(17)19)12-5-3-2-4-6-12/h2-11,18H,1H3,(H2,17,19)/b15-11-. The van der Waals surface area contributed by atoms with Crippen LogP contribution in [0.2, 0.25) is 0 Å². The Balaban J connectivity index is 2.19. The number of benzene rings is 2. The van der Waals surface area contributed by atoms with E-state index in [1.807, 2.05) is 54.6 Å². The highest BCUT2D eigenvalue weighted by molar-refractivity contribution is 6.18. The van der Waals surface area contributed by atoms with E-state index in [2.05, 4.69) is 5.32 Å². The summed E-state index contributed by atoms with van der Waals surface area (Å²) in [6.07, 6.45) is 1.61. The van der Waals surface area contributed by atoms with Crippen molar-refractivity contribution in [2.24, 2.45) is 5.73 Å². The Morgan fingerprint density at radius 1 is 1.10 bits per heavy atom. The third kappa shape index (κ3) is 3.38. The molecule has 2 aromatic rings. The van der Waals surface area contributed by atoms with Gasteiger partial charge in [0, 0.05) is 11.9 Å². The van der Waals surface area contributed by atoms with Crippen LogP contribution in [0, 0.1) is 0 Å². The number of amides is 1. The minimum atomic E-state index is -0.475. The normalized spacial score (nSPS) is 10.9. The van der Waals surface area contributed by atoms with Crippen LogP contribution in [-0.4, -0.2) is 13.0 Å². The summed E-state index contributed by atoms with van der Waals surface area (Å²) in [6.45, 7) is 0. The lowest BCUT2D eigenvalue weighted by atomic mass is 10.1. The highest BCUT2D eigenvalue weighted by Gasteiger charge is 2.07. The molecule has 0 saturated carbocycles. The summed E-state index contributed by atoms with van der Waals surface area (Å²) < 4.78 is 5.09. The number of rotatable bonds is 5. The molecule has 4 nitrogen and oxygen atoms in total. The van der Waals surface area contributed by atoms with Crippen molar-refractivity contribution < 1.29 is 9.53 Å². The first-order chi connectivity index (χ1) is 9.70. The molecule has 1 amide bonds. The molecule has 0 aliphatic carbocycles. The molecular formula is C16H16N2O2. The molecule has 102 valence electrons. The number of nitrogens with one attached hydrogen (secondary N) is 1. The maximum atomic E-state index is 11.5. The first-order valence-electron chi connectivity index (χ1n) is 6.16. The summed E-state index contributed by atoms with van der Waals surface area (Å²) in [6, 6.07) is 16.7. The molecule has 0 aliphatic rings. The quantitative estimate of drug-likeness (QED) is 0.819. The van der Waals surface area contributed by atoms with Gasteiger partial charge in [0.2, 0.25) is 0 Å². The van der Waals surface area contributed by atoms with E-state index in [1.54, 1.807) is 13.3 Å². The fourth-order valence-electron chi connectivity index (χ4n) is 1.76. The van der Waals surface area contributed by atoms with Crippen LogP contribution in [0.3, 0.4) is 0 Å². The number of primary amides is 1. The third-order valence-corrected chi connectivity index (χ3v) is 2.82. The summed E-state index contributed by atoms with van der Waals surface area (Å²) in [5.74, 6) is 0.301. The van der Waals surface area contributed by atoms with Crippen molar-refractivity contribution in [3.63, 3.8) is 0 Å². The summed E-state index contributed by atoms with van der Waals surface area (Å²) in [5, 5.41) is 3.06. The zero-order valence-electron chi connectivity index (χ0n) is 11.2. The molecule has 0 radical (unpaired) electrons. The Labute approximate surface area is 117 Å². The van der Waals surface area contributed by atoms with Gasteiger partial charge in [-0.1, -0.05) is 30.3 Å². The maximum absolute atomic E-state index is 11.5. The number of carbonyl (C=O) groups excluding carboxylic acids is 1. The number of hydrogen-bond acceptors (Lipinski definition) is 3. The Kier molecular flexibility index (Phi) is 4.39. The molecule has 0 bridgehead atoms. The van der Waals surface area contributed by atoms with Gasteiger partial charge in [-0.2, -0.15) is 0 Å². The van der Waals surface area contributed by atoms with Crippen LogP contribution in [0.4, 0.5) is 5.69 Å². The molecule has 0 saturated heterocycles. The van der Waals surface area contributed by atoms with Gasteiger partial charge < -0.3 is 15.8 Å². The van der Waals surface area contributed by atoms with Gasteiger partial charge in [0.05, 0.1) is 12.7 Å². The molecule has 0 aliphatic heterocycles. The number of nitrogens with two attached hydrogens (primary N) is 1. The molecule has 0 aromatic heterocycles. The van der Waals surface area contributed by atoms with Crippen LogP contribution in [-0.2, 0) is 4.79 Å². The highest BCUT2D eigenvalue weighted by atomic mass is 16.5. The lowest BCUT2D eigenvalue weighted by Crippen LogP contribution is -2.14. The zero-order valence-corrected chi connectivity index (χ0v) is 11.2. The lowest BCUT2D eigenvalue weighted by Gasteiger charge is -2.06. The molecule has 0 unspecified atom stereocenters. The predicted octanol–water partition coefficient (Wildman–Crippen LogP) is 2.63. The second-order valence-corrected chi connectivity index (χ2v) is 4.16. The summed E-state index contributed by atoms with van der Waals surface area (Å²) in [4.78, 5) is 11.5. The van der Waals surface area contributed by atoms with Crippen molar-refractivity contribution in [2.75, 3.05) is 12.4 Å². The van der Waals surface area contributed by atoms with Crippen molar-refractivity contribution in [2.45, 2.75) is 0 Å². The minimum Gasteiger partial charge on any atom is -0.497 e. The molecule has 0 atom stereocenters. The fraction of sp³-hybridized carbons (Fsp3) is 0.0625. The van der Waals surface area contributed by atoms with Crippen LogP contribution in [0.25, 0.3) is 5.57 Å². The van der Waals surface area contributed by atoms with Gasteiger partial charge >= 0.3 is 0 Å². The van der Waals surface area contributed by atoms with Crippen LogP contribution in [0.5, 0.6) is 5.75 Å². The molecule has 0 fully saturated rings. The minimum absolute atomic E-state index is 0.432. The van der Waals surface area contributed by atoms with Crippen molar-refractivity contribution >= 4 is 17.2 Å². The predicted molar refractivity (Wildman–Crippen MR) is 80.2 cm³/mol. The maximum Gasteiger partial charge on any atom is 0.250 e. The van der Waals surface area contributed by atoms with Crippen molar-refractivity contribution in [1.82, 2.24) is 0 Å². The Morgan fingerprint density at radius 3 is 2.30 bits per heavy atom. The van der Waals surface area contributed by atoms with E-state index in [4.69, 9.17) is 10.5 Å². The van der Waals surface area contributed by atoms with Gasteiger partial charge in [-0.25, -0.2) is 0 Å². The van der Waals surface area contributed by atoms with Gasteiger partial charge in [0.1, 0.15) is 5.75 Å². The Hall–Kier alpha value is -2.75. The van der Waals surface area contributed by atoms with E-state index >= 15 is 0 Å². The fourth-order valence-corrected chi connectivity index (χ4v) is 1.76. The number of methoxy groups -OCH3 is 1. The highest BCUT2D eigenvalue weighted by Crippen LogP contribution is 2.17. The monoisotopic (exact) mass is 268 g/mol. The van der Waals surface area contributed by atoms with E-state index in [1.165, 1.54) is 0 Å². The number of anilines is 1. The number of carbonyl (C=O) groups is 1. The van der Waals surface area contributed by atoms with Gasteiger partial charge in [0.25, 0.3) is 5.91 Å². The first-order valence-corrected chi connectivity index (χ1v) is 6.16. The van der Waals surface area contributed by atoms with E-state index in [9.17, 15) is 4.79 Å². The van der Waals surface area contributed by atoms with E-state index < -0.39 is 5.91 Å². The van der Waals surface area contributed by atoms with Crippen molar-refractivity contribution in [3.8, 4) is 5.75 Å². The van der Waals surface area contributed by atoms with E-state index in [0.29, 0.717) is 5.57 Å². The molecule has 0 heterocycles. The van der Waals surface area contributed by atoms with Crippen LogP contribution < -0.4 is 15.8 Å². The average Bonchev–Trinajstić information content (AvgIpc) is 2.49. The van der Waals surface area contributed by atoms with Gasteiger partial charge in [-0.05, 0) is 29.8 Å². The largest absolute Gasteiger partial charge is 0.497 e. The Bertz CT molecular complexity index is 604. The van der Waals surface area contributed by atoms with Crippen LogP contribution in [0.1, 0.15) is 5.56 Å². The van der Waals surface area contributed by atoms with Crippen molar-refractivity contribution in [1.29, 1.82) is 0 Å². The molecule has 3 N–H and O–H groups in total. The third-order valence-electron chi connectivity index (χ3n) is 2.82. The molecule has 0 spiro atoms. The second-order valence-electron chi connectivity index (χ2n) is 4.16. The van der Waals surface area contributed by atoms with Crippen molar-refractivity contribution in [3.05, 3.63) is 66.4 Å². The summed E-state index contributed by atoms with van der Waals surface area (Å²) in [7, 11) is 1.61. The molecule has 4 heteroatoms.